The van der Waals surface area contributed by atoms with Crippen molar-refractivity contribution in [2.24, 2.45) is 0 Å². The Bertz CT molecular complexity index is 1350. The van der Waals surface area contributed by atoms with Crippen LogP contribution >= 0.6 is 0 Å². The lowest BCUT2D eigenvalue weighted by molar-refractivity contribution is -0.384. The van der Waals surface area contributed by atoms with Crippen LogP contribution in [0.5, 0.6) is 0 Å². The zero-order valence-electron chi connectivity index (χ0n) is 20.0. The first-order valence-electron chi connectivity index (χ1n) is 11.7. The Kier molecular flexibility index (Phi) is 7.60. The maximum Gasteiger partial charge on any atom is 0.311 e. The minimum Gasteiger partial charge on any atom is -0.378 e. The molecule has 0 saturated carbocycles. The molecule has 0 unspecified atom stereocenters. The summed E-state index contributed by atoms with van der Waals surface area (Å²) in [7, 11) is 0. The van der Waals surface area contributed by atoms with Crippen LogP contribution in [-0.4, -0.2) is 26.9 Å². The summed E-state index contributed by atoms with van der Waals surface area (Å²) in [4.78, 5) is 27.2. The Labute approximate surface area is 209 Å². The minimum atomic E-state index is -0.556. The highest BCUT2D eigenvalue weighted by Gasteiger charge is 2.14. The number of aryl methyl sites for hydroxylation is 2. The first-order chi connectivity index (χ1) is 17.4. The van der Waals surface area contributed by atoms with Gasteiger partial charge >= 0.3 is 5.69 Å². The molecule has 0 saturated heterocycles. The highest BCUT2D eigenvalue weighted by atomic mass is 16.6. The molecule has 4 rings (SSSR count). The van der Waals surface area contributed by atoms with Gasteiger partial charge in [0.1, 0.15) is 5.82 Å². The number of anilines is 3. The van der Waals surface area contributed by atoms with Gasteiger partial charge in [0.2, 0.25) is 5.82 Å². The highest BCUT2D eigenvalue weighted by Crippen LogP contribution is 2.30. The van der Waals surface area contributed by atoms with Gasteiger partial charge in [-0.1, -0.05) is 49.4 Å². The minimum absolute atomic E-state index is 0.118. The molecule has 0 aliphatic heterocycles. The van der Waals surface area contributed by atoms with E-state index in [-0.39, 0.29) is 17.4 Å². The Morgan fingerprint density at radius 3 is 2.47 bits per heavy atom. The average Bonchev–Trinajstić information content (AvgIpc) is 3.29. The number of carbonyl (C=O) groups is 1. The zero-order chi connectivity index (χ0) is 25.5. The molecule has 4 aromatic rings. The van der Waals surface area contributed by atoms with Crippen molar-refractivity contribution in [1.29, 1.82) is 0 Å². The van der Waals surface area contributed by atoms with Gasteiger partial charge in [-0.15, -0.1) is 0 Å². The highest BCUT2D eigenvalue weighted by molar-refractivity contribution is 6.06. The van der Waals surface area contributed by atoms with Crippen molar-refractivity contribution >= 4 is 28.9 Å². The van der Waals surface area contributed by atoms with Crippen LogP contribution in [0.3, 0.4) is 0 Å². The lowest BCUT2D eigenvalue weighted by atomic mass is 10.0. The van der Waals surface area contributed by atoms with Crippen molar-refractivity contribution in [2.45, 2.75) is 26.3 Å². The van der Waals surface area contributed by atoms with E-state index in [1.54, 1.807) is 18.2 Å². The molecule has 2 aromatic heterocycles. The first kappa shape index (κ1) is 24.5. The van der Waals surface area contributed by atoms with E-state index >= 15 is 0 Å². The second-order valence-electron chi connectivity index (χ2n) is 8.33. The summed E-state index contributed by atoms with van der Waals surface area (Å²) in [6.45, 7) is 3.40. The number of rotatable bonds is 10. The van der Waals surface area contributed by atoms with Crippen molar-refractivity contribution in [2.75, 3.05) is 22.9 Å². The number of aromatic nitrogens is 2. The van der Waals surface area contributed by atoms with E-state index in [0.29, 0.717) is 24.5 Å². The largest absolute Gasteiger partial charge is 0.378 e. The third-order valence-electron chi connectivity index (χ3n) is 5.84. The molecule has 0 aliphatic rings. The van der Waals surface area contributed by atoms with Gasteiger partial charge < -0.3 is 20.9 Å². The van der Waals surface area contributed by atoms with Crippen LogP contribution in [0.25, 0.3) is 11.1 Å². The lowest BCUT2D eigenvalue weighted by Crippen LogP contribution is -2.12. The van der Waals surface area contributed by atoms with E-state index in [1.807, 2.05) is 35.2 Å². The van der Waals surface area contributed by atoms with E-state index in [2.05, 4.69) is 46.8 Å². The number of amides is 1. The number of hydrogen-bond donors (Lipinski definition) is 3. The van der Waals surface area contributed by atoms with Crippen molar-refractivity contribution in [3.63, 3.8) is 0 Å². The summed E-state index contributed by atoms with van der Waals surface area (Å²) in [5.41, 5.74) is 10.0. The molecule has 0 fully saturated rings. The standard InChI is InChI=1S/C27H28N6O3/c1-2-19-9-11-20(12-10-19)22-17-32(18-23(22)30-27(34)21-7-4-3-5-8-21)16-6-15-29-25-14-13-24(33(35)36)26(28)31-25/h3-5,7-14,17-18H,2,6,15-16H2,1H3,(H,30,34)(H3,28,29,31). The van der Waals surface area contributed by atoms with E-state index in [4.69, 9.17) is 5.73 Å². The Hall–Kier alpha value is -4.66. The van der Waals surface area contributed by atoms with E-state index in [0.717, 1.165) is 29.7 Å². The normalized spacial score (nSPS) is 10.7. The number of nitrogens with zero attached hydrogens (tertiary/aromatic N) is 3. The van der Waals surface area contributed by atoms with Gasteiger partial charge in [-0.25, -0.2) is 4.98 Å². The Morgan fingerprint density at radius 2 is 1.81 bits per heavy atom. The van der Waals surface area contributed by atoms with E-state index < -0.39 is 4.92 Å². The fraction of sp³-hybridized carbons (Fsp3) is 0.185. The van der Waals surface area contributed by atoms with Crippen molar-refractivity contribution in [3.05, 3.63) is 100 Å². The molecule has 4 N–H and O–H groups in total. The van der Waals surface area contributed by atoms with Crippen LogP contribution in [0.15, 0.2) is 79.1 Å². The van der Waals surface area contributed by atoms with Crippen LogP contribution in [0.4, 0.5) is 23.0 Å². The third-order valence-corrected chi connectivity index (χ3v) is 5.84. The number of hydrogen-bond acceptors (Lipinski definition) is 6. The summed E-state index contributed by atoms with van der Waals surface area (Å²) in [6.07, 6.45) is 5.68. The molecular formula is C27H28N6O3. The van der Waals surface area contributed by atoms with E-state index in [9.17, 15) is 14.9 Å². The van der Waals surface area contributed by atoms with Gasteiger partial charge in [-0.3, -0.25) is 14.9 Å². The summed E-state index contributed by atoms with van der Waals surface area (Å²) in [5.74, 6) is 0.203. The number of pyridine rings is 1. The molecule has 0 radical (unpaired) electrons. The summed E-state index contributed by atoms with van der Waals surface area (Å²) in [6, 6.07) is 20.3. The quantitative estimate of drug-likeness (QED) is 0.158. The molecule has 0 bridgehead atoms. The fourth-order valence-corrected chi connectivity index (χ4v) is 3.87. The SMILES string of the molecule is CCc1ccc(-c2cn(CCCNc3ccc([N+](=O)[O-])c(N)n3)cc2NC(=O)c2ccccc2)cc1. The second-order valence-corrected chi connectivity index (χ2v) is 8.33. The summed E-state index contributed by atoms with van der Waals surface area (Å²) < 4.78 is 2.04. The number of nitrogens with one attached hydrogen (secondary N) is 2. The number of nitro groups is 1. The van der Waals surface area contributed by atoms with Crippen LogP contribution in [0.1, 0.15) is 29.3 Å². The molecule has 36 heavy (non-hydrogen) atoms. The van der Waals surface area contributed by atoms with Crippen LogP contribution in [-0.2, 0) is 13.0 Å². The molecule has 0 atom stereocenters. The van der Waals surface area contributed by atoms with Gasteiger partial charge in [0.05, 0.1) is 10.6 Å². The Balaban J connectivity index is 1.46. The van der Waals surface area contributed by atoms with Gasteiger partial charge in [0.15, 0.2) is 0 Å². The van der Waals surface area contributed by atoms with Crippen LogP contribution in [0, 0.1) is 10.1 Å². The molecule has 9 nitrogen and oxygen atoms in total. The van der Waals surface area contributed by atoms with Crippen LogP contribution in [0.2, 0.25) is 0 Å². The van der Waals surface area contributed by atoms with E-state index in [1.165, 1.54) is 11.6 Å². The van der Waals surface area contributed by atoms with Gasteiger partial charge in [0.25, 0.3) is 5.91 Å². The topological polar surface area (TPSA) is 128 Å². The van der Waals surface area contributed by atoms with Crippen molar-refractivity contribution in [3.8, 4) is 11.1 Å². The number of benzene rings is 2. The number of carbonyl (C=O) groups excluding carboxylic acids is 1. The summed E-state index contributed by atoms with van der Waals surface area (Å²) >= 11 is 0. The van der Waals surface area contributed by atoms with Gasteiger partial charge in [-0.05, 0) is 42.2 Å². The number of nitrogen functional groups attached to an aromatic ring is 1. The summed E-state index contributed by atoms with van der Waals surface area (Å²) in [5, 5.41) is 17.1. The maximum atomic E-state index is 12.8. The predicted molar refractivity (Wildman–Crippen MR) is 142 cm³/mol. The molecule has 0 aliphatic carbocycles. The Morgan fingerprint density at radius 1 is 1.06 bits per heavy atom. The smallest absolute Gasteiger partial charge is 0.311 e. The van der Waals surface area contributed by atoms with Crippen LogP contribution < -0.4 is 16.4 Å². The molecule has 2 heterocycles. The lowest BCUT2D eigenvalue weighted by Gasteiger charge is -2.07. The first-order valence-corrected chi connectivity index (χ1v) is 11.7. The monoisotopic (exact) mass is 484 g/mol. The third kappa shape index (κ3) is 5.87. The predicted octanol–water partition coefficient (Wildman–Crippen LogP) is 5.36. The fourth-order valence-electron chi connectivity index (χ4n) is 3.87. The second kappa shape index (κ2) is 11.2. The molecule has 2 aromatic carbocycles. The maximum absolute atomic E-state index is 12.8. The van der Waals surface area contributed by atoms with Crippen molar-refractivity contribution in [1.82, 2.24) is 9.55 Å². The van der Waals surface area contributed by atoms with Gasteiger partial charge in [-0.2, -0.15) is 0 Å². The van der Waals surface area contributed by atoms with Crippen molar-refractivity contribution < 1.29 is 9.72 Å². The molecule has 184 valence electrons. The molecule has 9 heteroatoms. The molecule has 0 spiro atoms. The molecular weight excluding hydrogens is 456 g/mol. The van der Waals surface area contributed by atoms with Gasteiger partial charge in [0, 0.05) is 42.7 Å². The molecule has 1 amide bonds. The zero-order valence-corrected chi connectivity index (χ0v) is 20.0. The average molecular weight is 485 g/mol. The number of nitrogens with two attached hydrogens (primary N) is 1.